The molecule has 0 atom stereocenters. The van der Waals surface area contributed by atoms with Crippen LogP contribution in [0.2, 0.25) is 0 Å². The van der Waals surface area contributed by atoms with Crippen molar-refractivity contribution < 1.29 is 8.42 Å². The van der Waals surface area contributed by atoms with Crippen LogP contribution >= 0.6 is 22.7 Å². The van der Waals surface area contributed by atoms with Gasteiger partial charge in [0.2, 0.25) is 9.84 Å². The van der Waals surface area contributed by atoms with E-state index in [0.29, 0.717) is 9.79 Å². The van der Waals surface area contributed by atoms with E-state index < -0.39 is 9.84 Å². The minimum Gasteiger partial charge on any atom is -0.219 e. The van der Waals surface area contributed by atoms with Gasteiger partial charge in [0.1, 0.15) is 0 Å². The highest BCUT2D eigenvalue weighted by atomic mass is 32.2. The molecule has 2 nitrogen and oxygen atoms in total. The molecule has 0 spiro atoms. The molecule has 0 saturated carbocycles. The first-order valence-corrected chi connectivity index (χ1v) is 13.0. The molecule has 0 fully saturated rings. The van der Waals surface area contributed by atoms with Gasteiger partial charge < -0.3 is 0 Å². The standard InChI is InChI=1S/C26H16O2S3/c27-31(28,20-4-2-1-3-5-20)21-10-6-17(7-11-21)24-16-19-9-13-22-23(26(19)30-24)12-8-18-14-15-29-25(18)22/h1-16H. The van der Waals surface area contributed by atoms with Crippen molar-refractivity contribution in [2.24, 2.45) is 0 Å². The van der Waals surface area contributed by atoms with Crippen LogP contribution in [0.3, 0.4) is 0 Å². The Kier molecular flexibility index (Phi) is 4.25. The molecule has 6 rings (SSSR count). The molecule has 0 aliphatic carbocycles. The van der Waals surface area contributed by atoms with E-state index >= 15 is 0 Å². The quantitative estimate of drug-likeness (QED) is 0.273. The highest BCUT2D eigenvalue weighted by Gasteiger charge is 2.17. The van der Waals surface area contributed by atoms with Crippen molar-refractivity contribution in [3.05, 3.63) is 96.4 Å². The number of fused-ring (bicyclic) bond motifs is 5. The summed E-state index contributed by atoms with van der Waals surface area (Å²) < 4.78 is 28.3. The third-order valence-electron chi connectivity index (χ3n) is 5.60. The highest BCUT2D eigenvalue weighted by molar-refractivity contribution is 7.91. The lowest BCUT2D eigenvalue weighted by molar-refractivity contribution is 0.596. The van der Waals surface area contributed by atoms with E-state index in [9.17, 15) is 8.42 Å². The molecule has 31 heavy (non-hydrogen) atoms. The Labute approximate surface area is 187 Å². The molecule has 4 aromatic carbocycles. The van der Waals surface area contributed by atoms with E-state index in [1.165, 1.54) is 30.9 Å². The van der Waals surface area contributed by atoms with Crippen molar-refractivity contribution in [2.45, 2.75) is 9.79 Å². The largest absolute Gasteiger partial charge is 0.219 e. The lowest BCUT2D eigenvalue weighted by Crippen LogP contribution is -2.01. The first kappa shape index (κ1) is 18.8. The van der Waals surface area contributed by atoms with Gasteiger partial charge in [0.25, 0.3) is 0 Å². The summed E-state index contributed by atoms with van der Waals surface area (Å²) >= 11 is 3.53. The summed E-state index contributed by atoms with van der Waals surface area (Å²) in [5.41, 5.74) is 1.03. The van der Waals surface area contributed by atoms with E-state index in [-0.39, 0.29) is 0 Å². The van der Waals surface area contributed by atoms with Crippen molar-refractivity contribution >= 4 is 63.5 Å². The van der Waals surface area contributed by atoms with Gasteiger partial charge in [-0.3, -0.25) is 0 Å². The first-order chi connectivity index (χ1) is 15.1. The number of hydrogen-bond acceptors (Lipinski definition) is 4. The predicted molar refractivity (Wildman–Crippen MR) is 132 cm³/mol. The van der Waals surface area contributed by atoms with Crippen LogP contribution in [0, 0.1) is 0 Å². The Morgan fingerprint density at radius 2 is 1.29 bits per heavy atom. The van der Waals surface area contributed by atoms with E-state index in [1.807, 2.05) is 18.2 Å². The molecule has 5 heteroatoms. The third kappa shape index (κ3) is 3.00. The van der Waals surface area contributed by atoms with E-state index in [0.717, 1.165) is 10.4 Å². The van der Waals surface area contributed by atoms with Gasteiger partial charge in [0.05, 0.1) is 9.79 Å². The van der Waals surface area contributed by atoms with Crippen LogP contribution in [0.1, 0.15) is 0 Å². The smallest absolute Gasteiger partial charge is 0.206 e. The molecule has 150 valence electrons. The fraction of sp³-hybridized carbons (Fsp3) is 0. The van der Waals surface area contributed by atoms with E-state index in [1.54, 1.807) is 59.1 Å². The molecule has 0 amide bonds. The Bertz CT molecular complexity index is 1670. The highest BCUT2D eigenvalue weighted by Crippen LogP contribution is 2.40. The van der Waals surface area contributed by atoms with Gasteiger partial charge >= 0.3 is 0 Å². The van der Waals surface area contributed by atoms with Crippen LogP contribution in [0.25, 0.3) is 41.4 Å². The molecule has 2 heterocycles. The molecule has 0 unspecified atom stereocenters. The lowest BCUT2D eigenvalue weighted by atomic mass is 10.1. The minimum absolute atomic E-state index is 0.314. The van der Waals surface area contributed by atoms with E-state index in [2.05, 4.69) is 41.8 Å². The first-order valence-electron chi connectivity index (χ1n) is 9.84. The Morgan fingerprint density at radius 1 is 0.613 bits per heavy atom. The van der Waals surface area contributed by atoms with E-state index in [4.69, 9.17) is 0 Å². The second-order valence-electron chi connectivity index (χ2n) is 7.44. The summed E-state index contributed by atoms with van der Waals surface area (Å²) in [6, 6.07) is 28.9. The molecule has 0 radical (unpaired) electrons. The number of benzene rings is 4. The van der Waals surface area contributed by atoms with Crippen LogP contribution in [-0.2, 0) is 9.84 Å². The fourth-order valence-electron chi connectivity index (χ4n) is 4.01. The zero-order chi connectivity index (χ0) is 21.0. The van der Waals surface area contributed by atoms with Crippen LogP contribution in [0.15, 0.2) is 106 Å². The molecule has 0 saturated heterocycles. The summed E-state index contributed by atoms with van der Waals surface area (Å²) in [5, 5.41) is 7.19. The zero-order valence-corrected chi connectivity index (χ0v) is 18.7. The van der Waals surface area contributed by atoms with Crippen LogP contribution in [0.5, 0.6) is 0 Å². The predicted octanol–water partition coefficient (Wildman–Crippen LogP) is 7.77. The summed E-state index contributed by atoms with van der Waals surface area (Å²) in [4.78, 5) is 1.77. The van der Waals surface area contributed by atoms with Gasteiger partial charge in [-0.2, -0.15) is 0 Å². The topological polar surface area (TPSA) is 34.1 Å². The average Bonchev–Trinajstić information content (AvgIpc) is 3.46. The Balaban J connectivity index is 1.44. The van der Waals surface area contributed by atoms with Crippen LogP contribution in [0.4, 0.5) is 0 Å². The zero-order valence-electron chi connectivity index (χ0n) is 16.3. The second kappa shape index (κ2) is 7.02. The van der Waals surface area contributed by atoms with Gasteiger partial charge in [0.15, 0.2) is 0 Å². The molecular formula is C26H16O2S3. The molecular weight excluding hydrogens is 440 g/mol. The summed E-state index contributed by atoms with van der Waals surface area (Å²) in [6.07, 6.45) is 0. The van der Waals surface area contributed by atoms with Crippen LogP contribution < -0.4 is 0 Å². The number of hydrogen-bond donors (Lipinski definition) is 0. The molecule has 0 N–H and O–H groups in total. The SMILES string of the molecule is O=S(=O)(c1ccccc1)c1ccc(-c2cc3ccc4c(ccc5ccsc54)c3s2)cc1. The van der Waals surface area contributed by atoms with Gasteiger partial charge in [-0.15, -0.1) is 22.7 Å². The van der Waals surface area contributed by atoms with Crippen molar-refractivity contribution in [1.29, 1.82) is 0 Å². The third-order valence-corrected chi connectivity index (χ3v) is 9.58. The normalized spacial score (nSPS) is 12.1. The number of rotatable bonds is 3. The fourth-order valence-corrected chi connectivity index (χ4v) is 7.41. The van der Waals surface area contributed by atoms with Crippen LogP contribution in [-0.4, -0.2) is 8.42 Å². The van der Waals surface area contributed by atoms with Gasteiger partial charge in [-0.1, -0.05) is 54.6 Å². The maximum absolute atomic E-state index is 12.9. The lowest BCUT2D eigenvalue weighted by Gasteiger charge is -2.05. The molecule has 0 aliphatic rings. The average molecular weight is 457 g/mol. The maximum Gasteiger partial charge on any atom is 0.206 e. The van der Waals surface area contributed by atoms with Gasteiger partial charge in [-0.05, 0) is 58.1 Å². The van der Waals surface area contributed by atoms with Crippen molar-refractivity contribution in [2.75, 3.05) is 0 Å². The monoisotopic (exact) mass is 456 g/mol. The van der Waals surface area contributed by atoms with Crippen molar-refractivity contribution in [3.63, 3.8) is 0 Å². The summed E-state index contributed by atoms with van der Waals surface area (Å²) in [6.45, 7) is 0. The second-order valence-corrected chi connectivity index (χ2v) is 11.4. The summed E-state index contributed by atoms with van der Waals surface area (Å²) in [7, 11) is -3.50. The maximum atomic E-state index is 12.9. The van der Waals surface area contributed by atoms with Crippen molar-refractivity contribution in [1.82, 2.24) is 0 Å². The molecule has 6 aromatic rings. The minimum atomic E-state index is -3.50. The Hall–Kier alpha value is -2.99. The molecule has 0 bridgehead atoms. The molecule has 2 aromatic heterocycles. The number of thiophene rings is 2. The van der Waals surface area contributed by atoms with Gasteiger partial charge in [0, 0.05) is 25.0 Å². The summed E-state index contributed by atoms with van der Waals surface area (Å²) in [5.74, 6) is 0. The number of sulfone groups is 1. The molecule has 0 aliphatic heterocycles. The Morgan fingerprint density at radius 3 is 2.06 bits per heavy atom. The van der Waals surface area contributed by atoms with Crippen molar-refractivity contribution in [3.8, 4) is 10.4 Å². The van der Waals surface area contributed by atoms with Gasteiger partial charge in [-0.25, -0.2) is 8.42 Å².